The van der Waals surface area contributed by atoms with Crippen molar-refractivity contribution in [1.29, 1.82) is 0 Å². The Morgan fingerprint density at radius 3 is 2.27 bits per heavy atom. The summed E-state index contributed by atoms with van der Waals surface area (Å²) in [6.45, 7) is 7.24. The highest BCUT2D eigenvalue weighted by atomic mass is 32.1. The van der Waals surface area contributed by atoms with Crippen molar-refractivity contribution in [2.75, 3.05) is 11.9 Å². The lowest BCUT2D eigenvalue weighted by molar-refractivity contribution is 0.370. The van der Waals surface area contributed by atoms with E-state index in [9.17, 15) is 9.59 Å². The molecule has 1 rings (SSSR count). The van der Waals surface area contributed by atoms with Crippen molar-refractivity contribution in [3.05, 3.63) is 20.4 Å². The first-order chi connectivity index (χ1) is 6.83. The molecule has 0 saturated carbocycles. The summed E-state index contributed by atoms with van der Waals surface area (Å²) in [6.07, 6.45) is 2.06. The molecule has 0 aliphatic heterocycles. The number of hydrogen-bond acceptors (Lipinski definition) is 4. The van der Waals surface area contributed by atoms with E-state index in [0.717, 1.165) is 19.4 Å². The Morgan fingerprint density at radius 2 is 1.80 bits per heavy atom. The second-order valence-corrected chi connectivity index (χ2v) is 5.42. The molecule has 1 N–H and O–H groups in total. The van der Waals surface area contributed by atoms with E-state index in [-0.39, 0.29) is 4.90 Å². The molecule has 0 aliphatic rings. The molecule has 4 heteroatoms. The van der Waals surface area contributed by atoms with Crippen molar-refractivity contribution >= 4 is 18.3 Å². The smallest absolute Gasteiger partial charge is 0.251 e. The Labute approximate surface area is 95.0 Å². The number of anilines is 1. The SMILES string of the molecule is CC(C)(C)CCCNc1c(S)c(=O)c1=O. The van der Waals surface area contributed by atoms with Gasteiger partial charge in [-0.1, -0.05) is 20.8 Å². The first-order valence-electron chi connectivity index (χ1n) is 5.09. The van der Waals surface area contributed by atoms with Gasteiger partial charge in [-0.05, 0) is 18.3 Å². The quantitative estimate of drug-likeness (QED) is 0.468. The first kappa shape index (κ1) is 12.3. The van der Waals surface area contributed by atoms with Gasteiger partial charge in [0.1, 0.15) is 5.69 Å². The van der Waals surface area contributed by atoms with E-state index in [1.807, 2.05) is 0 Å². The minimum Gasteiger partial charge on any atom is -0.381 e. The monoisotopic (exact) mass is 227 g/mol. The molecule has 0 heterocycles. The molecule has 1 aromatic rings. The summed E-state index contributed by atoms with van der Waals surface area (Å²) in [5.74, 6) is 0. The van der Waals surface area contributed by atoms with E-state index in [4.69, 9.17) is 0 Å². The molecular formula is C11H17NO2S. The zero-order valence-electron chi connectivity index (χ0n) is 9.39. The minimum atomic E-state index is -0.475. The van der Waals surface area contributed by atoms with Crippen LogP contribution < -0.4 is 16.2 Å². The third-order valence-corrected chi connectivity index (χ3v) is 2.72. The summed E-state index contributed by atoms with van der Waals surface area (Å²) < 4.78 is 0. The van der Waals surface area contributed by atoms with E-state index in [0.29, 0.717) is 11.1 Å². The van der Waals surface area contributed by atoms with Gasteiger partial charge in [0.15, 0.2) is 0 Å². The zero-order chi connectivity index (χ0) is 11.6. The summed E-state index contributed by atoms with van der Waals surface area (Å²) in [4.78, 5) is 22.2. The number of nitrogens with one attached hydrogen (secondary N) is 1. The molecule has 0 atom stereocenters. The molecule has 0 aliphatic carbocycles. The van der Waals surface area contributed by atoms with Crippen LogP contribution in [0.5, 0.6) is 0 Å². The van der Waals surface area contributed by atoms with Crippen LogP contribution in [0.25, 0.3) is 0 Å². The molecule has 0 bridgehead atoms. The molecule has 0 aromatic heterocycles. The van der Waals surface area contributed by atoms with Gasteiger partial charge in [0.2, 0.25) is 5.43 Å². The lowest BCUT2D eigenvalue weighted by Crippen LogP contribution is -2.35. The van der Waals surface area contributed by atoms with Gasteiger partial charge in [-0.15, -0.1) is 12.6 Å². The van der Waals surface area contributed by atoms with Crippen LogP contribution in [-0.2, 0) is 0 Å². The Balaban J connectivity index is 2.34. The van der Waals surface area contributed by atoms with Crippen LogP contribution >= 0.6 is 12.6 Å². The van der Waals surface area contributed by atoms with Crippen LogP contribution in [0.15, 0.2) is 14.5 Å². The maximum absolute atomic E-state index is 11.0. The number of hydrogen-bond donors (Lipinski definition) is 2. The maximum Gasteiger partial charge on any atom is 0.251 e. The van der Waals surface area contributed by atoms with Crippen LogP contribution in [0.1, 0.15) is 33.6 Å². The Hall–Kier alpha value is -0.770. The van der Waals surface area contributed by atoms with E-state index in [1.54, 1.807) is 0 Å². The molecule has 0 amide bonds. The highest BCUT2D eigenvalue weighted by Crippen LogP contribution is 2.20. The molecule has 3 nitrogen and oxygen atoms in total. The third-order valence-electron chi connectivity index (χ3n) is 2.29. The van der Waals surface area contributed by atoms with Crippen molar-refractivity contribution in [1.82, 2.24) is 0 Å². The highest BCUT2D eigenvalue weighted by molar-refractivity contribution is 7.80. The Morgan fingerprint density at radius 1 is 1.20 bits per heavy atom. The van der Waals surface area contributed by atoms with Crippen LogP contribution in [0, 0.1) is 5.41 Å². The summed E-state index contributed by atoms with van der Waals surface area (Å²) in [7, 11) is 0. The van der Waals surface area contributed by atoms with Crippen molar-refractivity contribution in [2.45, 2.75) is 38.5 Å². The van der Waals surface area contributed by atoms with Crippen LogP contribution in [0.3, 0.4) is 0 Å². The Bertz CT molecular complexity index is 411. The second-order valence-electron chi connectivity index (χ2n) is 4.97. The van der Waals surface area contributed by atoms with Gasteiger partial charge in [-0.2, -0.15) is 0 Å². The summed E-state index contributed by atoms with van der Waals surface area (Å²) in [5, 5.41) is 2.95. The van der Waals surface area contributed by atoms with E-state index in [2.05, 4.69) is 38.7 Å². The van der Waals surface area contributed by atoms with Gasteiger partial charge in [0.25, 0.3) is 5.43 Å². The standard InChI is InChI=1S/C11H17NO2S/c1-11(2,3)5-4-6-12-7-8(13)9(14)10(7)15/h12,15H,4-6H2,1-3H3. The van der Waals surface area contributed by atoms with Gasteiger partial charge in [0, 0.05) is 6.54 Å². The Kier molecular flexibility index (Phi) is 3.60. The molecule has 84 valence electrons. The van der Waals surface area contributed by atoms with E-state index >= 15 is 0 Å². The molecule has 0 fully saturated rings. The van der Waals surface area contributed by atoms with E-state index < -0.39 is 10.9 Å². The molecule has 0 radical (unpaired) electrons. The van der Waals surface area contributed by atoms with Crippen molar-refractivity contribution in [3.63, 3.8) is 0 Å². The zero-order valence-corrected chi connectivity index (χ0v) is 10.3. The van der Waals surface area contributed by atoms with Crippen LogP contribution in [0.4, 0.5) is 5.69 Å². The predicted octanol–water partition coefficient (Wildman–Crippen LogP) is 1.81. The molecule has 1 aromatic carbocycles. The number of rotatable bonds is 4. The molecule has 0 unspecified atom stereocenters. The van der Waals surface area contributed by atoms with Crippen molar-refractivity contribution in [2.24, 2.45) is 5.41 Å². The largest absolute Gasteiger partial charge is 0.381 e. The van der Waals surface area contributed by atoms with Crippen LogP contribution in [-0.4, -0.2) is 6.54 Å². The topological polar surface area (TPSA) is 46.2 Å². The van der Waals surface area contributed by atoms with Gasteiger partial charge < -0.3 is 5.32 Å². The van der Waals surface area contributed by atoms with Gasteiger partial charge in [-0.3, -0.25) is 9.59 Å². The fourth-order valence-electron chi connectivity index (χ4n) is 1.38. The number of thiol groups is 1. The van der Waals surface area contributed by atoms with Gasteiger partial charge in [0.05, 0.1) is 4.90 Å². The van der Waals surface area contributed by atoms with Crippen molar-refractivity contribution in [3.8, 4) is 0 Å². The fourth-order valence-corrected chi connectivity index (χ4v) is 1.66. The summed E-state index contributed by atoms with van der Waals surface area (Å²) in [5.41, 5.74) is -0.219. The lowest BCUT2D eigenvalue weighted by Gasteiger charge is -2.18. The fraction of sp³-hybridized carbons (Fsp3) is 0.636. The molecule has 0 saturated heterocycles. The van der Waals surface area contributed by atoms with Crippen LogP contribution in [0.2, 0.25) is 0 Å². The first-order valence-corrected chi connectivity index (χ1v) is 5.54. The highest BCUT2D eigenvalue weighted by Gasteiger charge is 2.17. The third kappa shape index (κ3) is 3.09. The minimum absolute atomic E-state index is 0.274. The second kappa shape index (κ2) is 4.39. The molecule has 0 spiro atoms. The summed E-state index contributed by atoms with van der Waals surface area (Å²) in [6, 6.07) is 0. The molecule has 15 heavy (non-hydrogen) atoms. The average molecular weight is 227 g/mol. The van der Waals surface area contributed by atoms with Gasteiger partial charge >= 0.3 is 0 Å². The van der Waals surface area contributed by atoms with Gasteiger partial charge in [-0.25, -0.2) is 0 Å². The average Bonchev–Trinajstić information content (AvgIpc) is 2.14. The molecular weight excluding hydrogens is 210 g/mol. The predicted molar refractivity (Wildman–Crippen MR) is 65.8 cm³/mol. The lowest BCUT2D eigenvalue weighted by atomic mass is 9.91. The summed E-state index contributed by atoms with van der Waals surface area (Å²) >= 11 is 3.94. The van der Waals surface area contributed by atoms with Crippen molar-refractivity contribution < 1.29 is 0 Å². The maximum atomic E-state index is 11.0. The normalized spacial score (nSPS) is 12.0. The van der Waals surface area contributed by atoms with E-state index in [1.165, 1.54) is 0 Å².